The molecule has 0 fully saturated rings. The van der Waals surface area contributed by atoms with Gasteiger partial charge in [0.15, 0.2) is 12.4 Å². The number of methoxy groups -OCH3 is 1. The van der Waals surface area contributed by atoms with E-state index in [1.54, 1.807) is 7.11 Å². The van der Waals surface area contributed by atoms with Crippen LogP contribution in [0.4, 0.5) is 28.4 Å². The Morgan fingerprint density at radius 2 is 1.35 bits per heavy atom. The maximum Gasteiger partial charge on any atom is 0.169 e. The molecule has 0 spiro atoms. The van der Waals surface area contributed by atoms with Crippen molar-refractivity contribution in [2.45, 2.75) is 57.5 Å². The first kappa shape index (κ1) is 36.2. The van der Waals surface area contributed by atoms with Crippen LogP contribution >= 0.6 is 0 Å². The summed E-state index contributed by atoms with van der Waals surface area (Å²) in [5, 5.41) is 16.9. The largest absolute Gasteiger partial charge is 0.497 e. The Bertz CT molecular complexity index is 1910. The molecule has 0 radical (unpaired) electrons. The Balaban J connectivity index is 0.994. The molecule has 1 aromatic heterocycles. The van der Waals surface area contributed by atoms with Crippen LogP contribution in [0.5, 0.6) is 5.75 Å². The number of fused-ring (bicyclic) bond motifs is 1. The molecule has 2 heterocycles. The molecule has 4 aromatic carbocycles. The fourth-order valence-corrected chi connectivity index (χ4v) is 6.82. The van der Waals surface area contributed by atoms with Crippen LogP contribution in [-0.4, -0.2) is 46.2 Å². The topological polar surface area (TPSA) is 59.6 Å². The lowest BCUT2D eigenvalue weighted by molar-refractivity contribution is -0.697. The first-order chi connectivity index (χ1) is 25.3. The number of para-hydroxylation sites is 2. The zero-order chi connectivity index (χ0) is 36.3. The third kappa shape index (κ3) is 8.99. The van der Waals surface area contributed by atoms with Crippen LogP contribution in [0.1, 0.15) is 50.7 Å². The maximum absolute atomic E-state index is 5.27. The number of unbranched alkanes of at least 4 members (excludes halogenated alkanes) is 3. The standard InChI is InChI=1S/C44H52N7O/c1-44(2)41-17-11-12-18-42(41)51(43(44)34-46-49(4)39-23-19-36(20-24-39)47-37-21-25-40(52-5)26-22-37)30-14-7-6-13-29-50-31-27-35(28-32-50)33-45-48(3)38-15-9-8-10-16-38/h8-12,15-28,31-34,43,47H,6-7,13-14,29-30H2,1-5H3/q+1/b46-34+. The Hall–Kier alpha value is -5.63. The molecule has 5 aromatic rings. The fraction of sp³-hybridized carbons (Fsp3) is 0.295. The second-order valence-electron chi connectivity index (χ2n) is 14.0. The van der Waals surface area contributed by atoms with E-state index in [2.05, 4.69) is 125 Å². The van der Waals surface area contributed by atoms with Crippen molar-refractivity contribution >= 4 is 40.9 Å². The molecule has 1 atom stereocenters. The summed E-state index contributed by atoms with van der Waals surface area (Å²) in [5.74, 6) is 0.843. The van der Waals surface area contributed by atoms with Gasteiger partial charge in [-0.1, -0.05) is 56.7 Å². The Labute approximate surface area is 309 Å². The number of aromatic nitrogens is 1. The van der Waals surface area contributed by atoms with Gasteiger partial charge in [0.05, 0.1) is 30.7 Å². The van der Waals surface area contributed by atoms with Gasteiger partial charge in [0.2, 0.25) is 0 Å². The zero-order valence-electron chi connectivity index (χ0n) is 31.2. The molecule has 52 heavy (non-hydrogen) atoms. The highest BCUT2D eigenvalue weighted by molar-refractivity contribution is 5.81. The summed E-state index contributed by atoms with van der Waals surface area (Å²) >= 11 is 0. The maximum atomic E-state index is 5.27. The molecule has 268 valence electrons. The number of nitrogens with zero attached hydrogens (tertiary/aromatic N) is 6. The number of pyridine rings is 1. The van der Waals surface area contributed by atoms with E-state index in [0.29, 0.717) is 0 Å². The van der Waals surface area contributed by atoms with Crippen LogP contribution in [0.25, 0.3) is 0 Å². The monoisotopic (exact) mass is 694 g/mol. The molecule has 1 N–H and O–H groups in total. The van der Waals surface area contributed by atoms with Gasteiger partial charge >= 0.3 is 0 Å². The first-order valence-electron chi connectivity index (χ1n) is 18.3. The molecule has 8 nitrogen and oxygen atoms in total. The fourth-order valence-electron chi connectivity index (χ4n) is 6.82. The predicted molar refractivity (Wildman–Crippen MR) is 218 cm³/mol. The summed E-state index contributed by atoms with van der Waals surface area (Å²) in [6, 6.07) is 39.8. The number of hydrazone groups is 2. The average Bonchev–Trinajstić information content (AvgIpc) is 3.40. The van der Waals surface area contributed by atoms with Crippen molar-refractivity contribution in [2.24, 2.45) is 10.2 Å². The summed E-state index contributed by atoms with van der Waals surface area (Å²) in [6.07, 6.45) is 13.0. The highest BCUT2D eigenvalue weighted by atomic mass is 16.5. The number of anilines is 5. The number of hydrogen-bond donors (Lipinski definition) is 1. The molecular weight excluding hydrogens is 643 g/mol. The molecule has 6 rings (SSSR count). The van der Waals surface area contributed by atoms with E-state index < -0.39 is 0 Å². The van der Waals surface area contributed by atoms with Crippen molar-refractivity contribution in [3.63, 3.8) is 0 Å². The SMILES string of the molecule is COc1ccc(Nc2ccc(N(C)/N=C/C3N(CCCCCC[n+]4ccc(/C=N/N(C)c5ccccc5)cc4)c4ccccc4C3(C)C)cc2)cc1. The molecular formula is C44H52N7O+. The lowest BCUT2D eigenvalue weighted by Crippen LogP contribution is -2.43. The molecule has 0 bridgehead atoms. The summed E-state index contributed by atoms with van der Waals surface area (Å²) in [7, 11) is 5.67. The molecule has 1 unspecified atom stereocenters. The van der Waals surface area contributed by atoms with Gasteiger partial charge < -0.3 is 15.0 Å². The van der Waals surface area contributed by atoms with Gasteiger partial charge in [0.1, 0.15) is 12.3 Å². The quantitative estimate of drug-likeness (QED) is 0.0484. The van der Waals surface area contributed by atoms with Crippen molar-refractivity contribution in [3.05, 3.63) is 139 Å². The second-order valence-corrected chi connectivity index (χ2v) is 14.0. The third-order valence-corrected chi connectivity index (χ3v) is 9.98. The van der Waals surface area contributed by atoms with Crippen LogP contribution < -0.4 is 29.5 Å². The number of ether oxygens (including phenoxy) is 1. The van der Waals surface area contributed by atoms with Gasteiger partial charge in [-0.3, -0.25) is 10.0 Å². The molecule has 0 saturated heterocycles. The van der Waals surface area contributed by atoms with Crippen molar-refractivity contribution in [1.82, 2.24) is 0 Å². The van der Waals surface area contributed by atoms with Gasteiger partial charge in [-0.2, -0.15) is 10.2 Å². The minimum atomic E-state index is -0.0580. The highest BCUT2D eigenvalue weighted by Gasteiger charge is 2.43. The van der Waals surface area contributed by atoms with Gasteiger partial charge in [0, 0.05) is 73.4 Å². The van der Waals surface area contributed by atoms with Crippen LogP contribution in [0.3, 0.4) is 0 Å². The Morgan fingerprint density at radius 3 is 2.06 bits per heavy atom. The first-order valence-corrected chi connectivity index (χ1v) is 18.3. The van der Waals surface area contributed by atoms with Crippen molar-refractivity contribution in [2.75, 3.05) is 48.0 Å². The van der Waals surface area contributed by atoms with Crippen molar-refractivity contribution in [1.29, 1.82) is 0 Å². The highest BCUT2D eigenvalue weighted by Crippen LogP contribution is 2.44. The summed E-state index contributed by atoms with van der Waals surface area (Å²) in [5.41, 5.74) is 7.89. The molecule has 1 aliphatic heterocycles. The molecule has 8 heteroatoms. The van der Waals surface area contributed by atoms with Gasteiger partial charge in [-0.15, -0.1) is 0 Å². The van der Waals surface area contributed by atoms with E-state index in [9.17, 15) is 0 Å². The molecule has 0 amide bonds. The van der Waals surface area contributed by atoms with Crippen LogP contribution in [0, 0.1) is 0 Å². The summed E-state index contributed by atoms with van der Waals surface area (Å²) in [6.45, 7) is 6.71. The van der Waals surface area contributed by atoms with Crippen molar-refractivity contribution in [3.8, 4) is 5.75 Å². The number of benzene rings is 4. The molecule has 0 saturated carbocycles. The minimum Gasteiger partial charge on any atom is -0.497 e. The van der Waals surface area contributed by atoms with Gasteiger partial charge in [-0.25, -0.2) is 4.57 Å². The van der Waals surface area contributed by atoms with E-state index in [-0.39, 0.29) is 11.5 Å². The number of hydrogen-bond acceptors (Lipinski definition) is 7. The van der Waals surface area contributed by atoms with Gasteiger partial charge in [0.25, 0.3) is 0 Å². The van der Waals surface area contributed by atoms with E-state index >= 15 is 0 Å². The van der Waals surface area contributed by atoms with E-state index in [1.807, 2.05) is 72.8 Å². The average molecular weight is 695 g/mol. The smallest absolute Gasteiger partial charge is 0.169 e. The zero-order valence-corrected chi connectivity index (χ0v) is 31.2. The molecule has 1 aliphatic rings. The Morgan fingerprint density at radius 1 is 0.731 bits per heavy atom. The van der Waals surface area contributed by atoms with Crippen LogP contribution in [0.2, 0.25) is 0 Å². The summed E-state index contributed by atoms with van der Waals surface area (Å²) in [4.78, 5) is 2.57. The lowest BCUT2D eigenvalue weighted by atomic mass is 9.81. The second kappa shape index (κ2) is 17.1. The third-order valence-electron chi connectivity index (χ3n) is 9.98. The number of nitrogens with one attached hydrogen (secondary N) is 1. The summed E-state index contributed by atoms with van der Waals surface area (Å²) < 4.78 is 7.54. The van der Waals surface area contributed by atoms with E-state index in [0.717, 1.165) is 60.0 Å². The number of aryl methyl sites for hydroxylation is 1. The van der Waals surface area contributed by atoms with E-state index in [4.69, 9.17) is 9.84 Å². The predicted octanol–water partition coefficient (Wildman–Crippen LogP) is 9.05. The normalized spacial score (nSPS) is 14.9. The van der Waals surface area contributed by atoms with Gasteiger partial charge in [-0.05, 0) is 85.1 Å². The molecule has 0 aliphatic carbocycles. The number of rotatable bonds is 16. The minimum absolute atomic E-state index is 0.0580. The van der Waals surface area contributed by atoms with Crippen molar-refractivity contribution < 1.29 is 9.30 Å². The lowest BCUT2D eigenvalue weighted by Gasteiger charge is -2.32. The van der Waals surface area contributed by atoms with Crippen LogP contribution in [-0.2, 0) is 12.0 Å². The Kier molecular flexibility index (Phi) is 11.9. The van der Waals surface area contributed by atoms with E-state index in [1.165, 1.54) is 24.1 Å². The van der Waals surface area contributed by atoms with Crippen LogP contribution in [0.15, 0.2) is 138 Å².